The molecule has 3 aliphatic rings. The maximum absolute atomic E-state index is 10.4. The van der Waals surface area contributed by atoms with Gasteiger partial charge in [-0.2, -0.15) is 0 Å². The zero-order chi connectivity index (χ0) is 9.05. The van der Waals surface area contributed by atoms with E-state index in [1.807, 2.05) is 6.92 Å². The first-order valence-corrected chi connectivity index (χ1v) is 5.15. The van der Waals surface area contributed by atoms with Crippen molar-refractivity contribution < 1.29 is 5.11 Å². The van der Waals surface area contributed by atoms with Crippen molar-refractivity contribution in [1.82, 2.24) is 5.32 Å². The van der Waals surface area contributed by atoms with Crippen LogP contribution in [0.1, 0.15) is 19.8 Å². The minimum atomic E-state index is -0.702. The van der Waals surface area contributed by atoms with Crippen molar-refractivity contribution in [3.8, 4) is 11.8 Å². The van der Waals surface area contributed by atoms with E-state index in [9.17, 15) is 5.11 Å². The van der Waals surface area contributed by atoms with E-state index in [0.29, 0.717) is 11.8 Å². The lowest BCUT2D eigenvalue weighted by Gasteiger charge is -2.32. The van der Waals surface area contributed by atoms with Gasteiger partial charge in [0.2, 0.25) is 0 Å². The molecular weight excluding hydrogens is 162 g/mol. The molecule has 0 aromatic heterocycles. The first-order chi connectivity index (χ1) is 6.25. The minimum Gasteiger partial charge on any atom is -0.376 e. The van der Waals surface area contributed by atoms with Gasteiger partial charge in [-0.15, -0.1) is 5.92 Å². The van der Waals surface area contributed by atoms with Gasteiger partial charge in [0, 0.05) is 5.92 Å². The van der Waals surface area contributed by atoms with Gasteiger partial charge in [-0.1, -0.05) is 5.92 Å². The third-order valence-corrected chi connectivity index (χ3v) is 4.20. The summed E-state index contributed by atoms with van der Waals surface area (Å²) < 4.78 is 0. The van der Waals surface area contributed by atoms with Gasteiger partial charge in [0.15, 0.2) is 0 Å². The number of hydrogen-bond acceptors (Lipinski definition) is 2. The fourth-order valence-electron chi connectivity index (χ4n) is 3.71. The van der Waals surface area contributed by atoms with Crippen LogP contribution in [0.4, 0.5) is 0 Å². The molecule has 1 saturated heterocycles. The van der Waals surface area contributed by atoms with Crippen LogP contribution in [-0.2, 0) is 0 Å². The minimum absolute atomic E-state index is 0.267. The van der Waals surface area contributed by atoms with Crippen LogP contribution in [0.15, 0.2) is 0 Å². The highest BCUT2D eigenvalue weighted by Crippen LogP contribution is 2.56. The van der Waals surface area contributed by atoms with Crippen molar-refractivity contribution in [2.45, 2.75) is 31.4 Å². The van der Waals surface area contributed by atoms with E-state index >= 15 is 0 Å². The summed E-state index contributed by atoms with van der Waals surface area (Å²) in [6.45, 7) is 2.91. The van der Waals surface area contributed by atoms with E-state index in [1.54, 1.807) is 0 Å². The second-order valence-electron chi connectivity index (χ2n) is 4.68. The van der Waals surface area contributed by atoms with Gasteiger partial charge >= 0.3 is 0 Å². The summed E-state index contributed by atoms with van der Waals surface area (Å²) in [6, 6.07) is 0.267. The number of rotatable bonds is 0. The van der Waals surface area contributed by atoms with Gasteiger partial charge in [0.25, 0.3) is 0 Å². The highest BCUT2D eigenvalue weighted by molar-refractivity contribution is 5.29. The molecule has 13 heavy (non-hydrogen) atoms. The molecule has 3 rings (SSSR count). The molecule has 0 aromatic carbocycles. The summed E-state index contributed by atoms with van der Waals surface area (Å²) >= 11 is 0. The number of hydrogen-bond donors (Lipinski definition) is 2. The predicted octanol–water partition coefficient (Wildman–Crippen LogP) is 0.369. The van der Waals surface area contributed by atoms with Gasteiger partial charge in [-0.25, -0.2) is 0 Å². The average molecular weight is 177 g/mol. The van der Waals surface area contributed by atoms with Crippen molar-refractivity contribution in [1.29, 1.82) is 0 Å². The molecule has 2 heteroatoms. The quantitative estimate of drug-likeness (QED) is 0.524. The molecule has 5 atom stereocenters. The first kappa shape index (κ1) is 7.84. The fraction of sp³-hybridized carbons (Fsp3) is 0.818. The SMILES string of the molecule is CC#CC1(O)C2CC3CNC1C3C2. The van der Waals surface area contributed by atoms with Crippen molar-refractivity contribution in [3.05, 3.63) is 0 Å². The largest absolute Gasteiger partial charge is 0.376 e. The molecule has 2 aliphatic carbocycles. The molecule has 0 amide bonds. The van der Waals surface area contributed by atoms with Crippen LogP contribution < -0.4 is 5.32 Å². The van der Waals surface area contributed by atoms with Crippen molar-refractivity contribution in [2.75, 3.05) is 6.54 Å². The van der Waals surface area contributed by atoms with Crippen LogP contribution in [-0.4, -0.2) is 23.3 Å². The molecule has 2 nitrogen and oxygen atoms in total. The second-order valence-corrected chi connectivity index (χ2v) is 4.68. The summed E-state index contributed by atoms with van der Waals surface area (Å²) in [5, 5.41) is 13.9. The Bertz CT molecular complexity index is 301. The van der Waals surface area contributed by atoms with Gasteiger partial charge in [-0.05, 0) is 38.1 Å². The zero-order valence-electron chi connectivity index (χ0n) is 7.88. The van der Waals surface area contributed by atoms with E-state index in [-0.39, 0.29) is 6.04 Å². The maximum atomic E-state index is 10.4. The first-order valence-electron chi connectivity index (χ1n) is 5.15. The van der Waals surface area contributed by atoms with Crippen LogP contribution in [0.3, 0.4) is 0 Å². The Morgan fingerprint density at radius 3 is 3.08 bits per heavy atom. The lowest BCUT2D eigenvalue weighted by Crippen LogP contribution is -2.49. The van der Waals surface area contributed by atoms with Gasteiger partial charge in [-0.3, -0.25) is 0 Å². The smallest absolute Gasteiger partial charge is 0.143 e. The number of aliphatic hydroxyl groups is 1. The summed E-state index contributed by atoms with van der Waals surface area (Å²) in [5.41, 5.74) is -0.702. The summed E-state index contributed by atoms with van der Waals surface area (Å²) in [6.07, 6.45) is 2.37. The lowest BCUT2D eigenvalue weighted by atomic mass is 9.79. The van der Waals surface area contributed by atoms with E-state index in [2.05, 4.69) is 17.2 Å². The van der Waals surface area contributed by atoms with Crippen LogP contribution in [0.2, 0.25) is 0 Å². The van der Waals surface area contributed by atoms with E-state index in [0.717, 1.165) is 12.5 Å². The Morgan fingerprint density at radius 2 is 2.31 bits per heavy atom. The standard InChI is InChI=1S/C11H15NO/c1-2-3-11(13)8-4-7-6-12-10(11)9(7)5-8/h7-10,12-13H,4-6H2,1H3. The Labute approximate surface area is 78.7 Å². The molecule has 70 valence electrons. The lowest BCUT2D eigenvalue weighted by molar-refractivity contribution is 0.0232. The van der Waals surface area contributed by atoms with Gasteiger partial charge in [0.05, 0.1) is 6.04 Å². The average Bonchev–Trinajstić information content (AvgIpc) is 2.63. The molecule has 5 unspecified atom stereocenters. The molecule has 2 saturated carbocycles. The van der Waals surface area contributed by atoms with Crippen molar-refractivity contribution in [2.24, 2.45) is 17.8 Å². The molecule has 0 spiro atoms. The van der Waals surface area contributed by atoms with Crippen LogP contribution in [0, 0.1) is 29.6 Å². The molecule has 3 fully saturated rings. The Balaban J connectivity index is 2.02. The van der Waals surface area contributed by atoms with Crippen LogP contribution in [0.5, 0.6) is 0 Å². The molecule has 1 heterocycles. The van der Waals surface area contributed by atoms with E-state index in [1.165, 1.54) is 12.8 Å². The molecule has 1 aliphatic heterocycles. The summed E-state index contributed by atoms with van der Waals surface area (Å²) in [4.78, 5) is 0. The molecule has 2 bridgehead atoms. The Kier molecular flexibility index (Phi) is 1.38. The zero-order valence-corrected chi connectivity index (χ0v) is 7.88. The normalized spacial score (nSPS) is 56.5. The van der Waals surface area contributed by atoms with Crippen LogP contribution in [0.25, 0.3) is 0 Å². The Hall–Kier alpha value is -0.520. The molecular formula is C11H15NO. The number of nitrogens with one attached hydrogen (secondary N) is 1. The molecule has 0 aromatic rings. The Morgan fingerprint density at radius 1 is 1.46 bits per heavy atom. The van der Waals surface area contributed by atoms with E-state index < -0.39 is 5.60 Å². The fourth-order valence-corrected chi connectivity index (χ4v) is 3.71. The predicted molar refractivity (Wildman–Crippen MR) is 49.9 cm³/mol. The third kappa shape index (κ3) is 0.775. The number of fused-ring (bicyclic) bond motifs is 1. The summed E-state index contributed by atoms with van der Waals surface area (Å²) in [5.74, 6) is 7.87. The topological polar surface area (TPSA) is 32.3 Å². The van der Waals surface area contributed by atoms with Gasteiger partial charge < -0.3 is 10.4 Å². The highest BCUT2D eigenvalue weighted by atomic mass is 16.3. The van der Waals surface area contributed by atoms with Gasteiger partial charge in [0.1, 0.15) is 5.60 Å². The van der Waals surface area contributed by atoms with Crippen molar-refractivity contribution >= 4 is 0 Å². The monoisotopic (exact) mass is 177 g/mol. The highest BCUT2D eigenvalue weighted by Gasteiger charge is 2.63. The molecule has 2 N–H and O–H groups in total. The van der Waals surface area contributed by atoms with Crippen molar-refractivity contribution in [3.63, 3.8) is 0 Å². The second kappa shape index (κ2) is 2.29. The third-order valence-electron chi connectivity index (χ3n) is 4.20. The summed E-state index contributed by atoms with van der Waals surface area (Å²) in [7, 11) is 0. The maximum Gasteiger partial charge on any atom is 0.143 e. The van der Waals surface area contributed by atoms with Crippen LogP contribution >= 0.6 is 0 Å². The molecule has 0 radical (unpaired) electrons. The van der Waals surface area contributed by atoms with E-state index in [4.69, 9.17) is 0 Å².